The molecule has 3 rings (SSSR count). The molecule has 1 aliphatic heterocycles. The van der Waals surface area contributed by atoms with Gasteiger partial charge in [-0.05, 0) is 54.7 Å². The Kier molecular flexibility index (Phi) is 5.68. The molecule has 1 atom stereocenters. The van der Waals surface area contributed by atoms with E-state index in [4.69, 9.17) is 23.8 Å². The molecule has 0 amide bonds. The Hall–Kier alpha value is -1.15. The van der Waals surface area contributed by atoms with Crippen molar-refractivity contribution >= 4 is 55.8 Å². The van der Waals surface area contributed by atoms with Gasteiger partial charge in [-0.3, -0.25) is 0 Å². The minimum atomic E-state index is -2.98. The molecule has 1 saturated heterocycles. The molecule has 1 aromatic heterocycles. The first-order valence-electron chi connectivity index (χ1n) is 7.91. The van der Waals surface area contributed by atoms with E-state index in [1.807, 2.05) is 47.5 Å². The third-order valence-corrected chi connectivity index (χ3v) is 7.59. The summed E-state index contributed by atoms with van der Waals surface area (Å²) in [4.78, 5) is 3.13. The quantitative estimate of drug-likeness (QED) is 0.763. The van der Waals surface area contributed by atoms with Crippen LogP contribution >= 0.6 is 35.2 Å². The summed E-state index contributed by atoms with van der Waals surface area (Å²) in [6.45, 7) is 2.54. The lowest BCUT2D eigenvalue weighted by atomic mass is 10.2. The van der Waals surface area contributed by atoms with Gasteiger partial charge in [0.15, 0.2) is 14.9 Å². The molecule has 1 aliphatic rings. The van der Waals surface area contributed by atoms with Crippen LogP contribution in [0.2, 0.25) is 5.02 Å². The number of thiophene rings is 1. The number of hydrogen-bond donors (Lipinski definition) is 1. The van der Waals surface area contributed by atoms with Gasteiger partial charge >= 0.3 is 0 Å². The van der Waals surface area contributed by atoms with E-state index in [2.05, 4.69) is 5.32 Å². The highest BCUT2D eigenvalue weighted by molar-refractivity contribution is 7.91. The van der Waals surface area contributed by atoms with Gasteiger partial charge in [0.25, 0.3) is 0 Å². The van der Waals surface area contributed by atoms with Crippen LogP contribution in [0.4, 0.5) is 5.69 Å². The van der Waals surface area contributed by atoms with Crippen molar-refractivity contribution in [1.82, 2.24) is 4.90 Å². The van der Waals surface area contributed by atoms with Crippen molar-refractivity contribution in [3.63, 3.8) is 0 Å². The van der Waals surface area contributed by atoms with E-state index >= 15 is 0 Å². The number of nitrogens with zero attached hydrogens (tertiary/aromatic N) is 1. The SMILES string of the molecule is Cc1ccc(NC(=S)N(Cc2cccs2)[C@H]2CCS(=O)(=O)C2)cc1Cl. The molecule has 0 aliphatic carbocycles. The molecule has 2 heterocycles. The summed E-state index contributed by atoms with van der Waals surface area (Å²) in [6, 6.07) is 9.59. The number of aryl methyl sites for hydroxylation is 1. The molecule has 1 aromatic carbocycles. The number of thiocarbonyl (C=S) groups is 1. The van der Waals surface area contributed by atoms with Crippen LogP contribution < -0.4 is 5.32 Å². The largest absolute Gasteiger partial charge is 0.340 e. The number of hydrogen-bond acceptors (Lipinski definition) is 4. The molecule has 134 valence electrons. The molecule has 4 nitrogen and oxygen atoms in total. The van der Waals surface area contributed by atoms with Gasteiger partial charge < -0.3 is 10.2 Å². The van der Waals surface area contributed by atoms with Crippen LogP contribution in [0.5, 0.6) is 0 Å². The predicted molar refractivity (Wildman–Crippen MR) is 109 cm³/mol. The second-order valence-electron chi connectivity index (χ2n) is 6.16. The standard InChI is InChI=1S/C17H19ClN2O2S3/c1-12-4-5-13(9-16(12)18)19-17(23)20(10-15-3-2-7-24-15)14-6-8-25(21,22)11-14/h2-5,7,9,14H,6,8,10-11H2,1H3,(H,19,23)/t14-/m0/s1. The molecular weight excluding hydrogens is 396 g/mol. The normalized spacial score (nSPS) is 18.9. The van der Waals surface area contributed by atoms with E-state index in [-0.39, 0.29) is 17.5 Å². The van der Waals surface area contributed by atoms with Crippen molar-refractivity contribution in [2.45, 2.75) is 25.9 Å². The highest BCUT2D eigenvalue weighted by Crippen LogP contribution is 2.24. The second-order valence-corrected chi connectivity index (χ2v) is 10.2. The zero-order valence-electron chi connectivity index (χ0n) is 13.7. The number of rotatable bonds is 4. The first kappa shape index (κ1) is 18.6. The predicted octanol–water partition coefficient (Wildman–Crippen LogP) is 4.10. The fourth-order valence-corrected chi connectivity index (χ4v) is 5.77. The number of anilines is 1. The molecule has 25 heavy (non-hydrogen) atoms. The van der Waals surface area contributed by atoms with Crippen molar-refractivity contribution < 1.29 is 8.42 Å². The van der Waals surface area contributed by atoms with Crippen molar-refractivity contribution in [2.75, 3.05) is 16.8 Å². The molecule has 8 heteroatoms. The summed E-state index contributed by atoms with van der Waals surface area (Å²) in [7, 11) is -2.98. The highest BCUT2D eigenvalue weighted by Gasteiger charge is 2.33. The Bertz CT molecular complexity index is 866. The van der Waals surface area contributed by atoms with Crippen LogP contribution in [0, 0.1) is 6.92 Å². The van der Waals surface area contributed by atoms with Gasteiger partial charge in [-0.15, -0.1) is 11.3 Å². The summed E-state index contributed by atoms with van der Waals surface area (Å²) in [5.41, 5.74) is 1.80. The topological polar surface area (TPSA) is 49.4 Å². The molecular formula is C17H19ClN2O2S3. The van der Waals surface area contributed by atoms with Gasteiger partial charge in [0, 0.05) is 21.6 Å². The van der Waals surface area contributed by atoms with Crippen molar-refractivity contribution in [1.29, 1.82) is 0 Å². The summed E-state index contributed by atoms with van der Waals surface area (Å²) in [5.74, 6) is 0.367. The van der Waals surface area contributed by atoms with Crippen LogP contribution in [0.15, 0.2) is 35.7 Å². The minimum absolute atomic E-state index is 0.104. The first-order valence-corrected chi connectivity index (χ1v) is 11.4. The molecule has 0 spiro atoms. The van der Waals surface area contributed by atoms with Gasteiger partial charge in [0.1, 0.15) is 0 Å². The zero-order valence-corrected chi connectivity index (χ0v) is 16.9. The minimum Gasteiger partial charge on any atom is -0.340 e. The summed E-state index contributed by atoms with van der Waals surface area (Å²) < 4.78 is 23.8. The molecule has 1 fully saturated rings. The Morgan fingerprint density at radius 3 is 2.84 bits per heavy atom. The van der Waals surface area contributed by atoms with E-state index in [1.165, 1.54) is 0 Å². The van der Waals surface area contributed by atoms with Crippen LogP contribution in [0.3, 0.4) is 0 Å². The maximum absolute atomic E-state index is 11.9. The zero-order chi connectivity index (χ0) is 18.0. The fourth-order valence-electron chi connectivity index (χ4n) is 2.82. The molecule has 1 N–H and O–H groups in total. The first-order chi connectivity index (χ1) is 11.8. The molecule has 2 aromatic rings. The molecule has 0 saturated carbocycles. The molecule has 0 unspecified atom stereocenters. The number of nitrogens with one attached hydrogen (secondary N) is 1. The van der Waals surface area contributed by atoms with Gasteiger partial charge in [0.05, 0.1) is 18.1 Å². The molecule has 0 bridgehead atoms. The highest BCUT2D eigenvalue weighted by atomic mass is 35.5. The lowest BCUT2D eigenvalue weighted by Crippen LogP contribution is -2.42. The van der Waals surface area contributed by atoms with Crippen LogP contribution in [-0.4, -0.2) is 36.0 Å². The fraction of sp³-hybridized carbons (Fsp3) is 0.353. The maximum Gasteiger partial charge on any atom is 0.174 e. The van der Waals surface area contributed by atoms with E-state index in [0.717, 1.165) is 16.1 Å². The number of halogens is 1. The van der Waals surface area contributed by atoms with Gasteiger partial charge in [0.2, 0.25) is 0 Å². The van der Waals surface area contributed by atoms with Crippen LogP contribution in [0.25, 0.3) is 0 Å². The smallest absolute Gasteiger partial charge is 0.174 e. The van der Waals surface area contributed by atoms with Gasteiger partial charge in [-0.25, -0.2) is 8.42 Å². The molecule has 0 radical (unpaired) electrons. The Labute approximate surface area is 162 Å². The Morgan fingerprint density at radius 2 is 2.24 bits per heavy atom. The lowest BCUT2D eigenvalue weighted by Gasteiger charge is -2.30. The van der Waals surface area contributed by atoms with Crippen molar-refractivity contribution in [3.05, 3.63) is 51.2 Å². The monoisotopic (exact) mass is 414 g/mol. The van der Waals surface area contributed by atoms with Gasteiger partial charge in [-0.2, -0.15) is 0 Å². The number of benzene rings is 1. The maximum atomic E-state index is 11.9. The number of sulfone groups is 1. The summed E-state index contributed by atoms with van der Waals surface area (Å²) >= 11 is 13.4. The van der Waals surface area contributed by atoms with Crippen LogP contribution in [0.1, 0.15) is 16.9 Å². The van der Waals surface area contributed by atoms with Crippen LogP contribution in [-0.2, 0) is 16.4 Å². The third-order valence-electron chi connectivity index (χ3n) is 4.24. The third kappa shape index (κ3) is 4.73. The average Bonchev–Trinajstić information content (AvgIpc) is 3.17. The Balaban J connectivity index is 1.80. The van der Waals surface area contributed by atoms with Crippen molar-refractivity contribution in [2.24, 2.45) is 0 Å². The van der Waals surface area contributed by atoms with E-state index in [0.29, 0.717) is 23.1 Å². The average molecular weight is 415 g/mol. The van der Waals surface area contributed by atoms with Gasteiger partial charge in [-0.1, -0.05) is 23.7 Å². The summed E-state index contributed by atoms with van der Waals surface area (Å²) in [5, 5.41) is 6.41. The van der Waals surface area contributed by atoms with E-state index in [1.54, 1.807) is 11.3 Å². The van der Waals surface area contributed by atoms with E-state index in [9.17, 15) is 8.42 Å². The van der Waals surface area contributed by atoms with E-state index < -0.39 is 9.84 Å². The summed E-state index contributed by atoms with van der Waals surface area (Å²) in [6.07, 6.45) is 0.601. The lowest BCUT2D eigenvalue weighted by molar-refractivity contribution is 0.335. The Morgan fingerprint density at radius 1 is 1.44 bits per heavy atom. The van der Waals surface area contributed by atoms with Crippen molar-refractivity contribution in [3.8, 4) is 0 Å². The second kappa shape index (κ2) is 7.61.